The molecule has 0 saturated carbocycles. The van der Waals surface area contributed by atoms with E-state index in [4.69, 9.17) is 10.00 Å². The Hall–Kier alpha value is -3.50. The summed E-state index contributed by atoms with van der Waals surface area (Å²) in [5, 5.41) is 13.8. The maximum absolute atomic E-state index is 12.3. The molecule has 0 bridgehead atoms. The Kier molecular flexibility index (Phi) is 6.72. The zero-order chi connectivity index (χ0) is 20.6. The maximum Gasteiger partial charge on any atom is 0.306 e. The lowest BCUT2D eigenvalue weighted by Gasteiger charge is -2.12. The van der Waals surface area contributed by atoms with Crippen LogP contribution in [0.2, 0.25) is 0 Å². The van der Waals surface area contributed by atoms with Crippen molar-refractivity contribution in [3.05, 3.63) is 71.1 Å². The summed E-state index contributed by atoms with van der Waals surface area (Å²) in [5.74, 6) is -0.883. The number of carbonyl (C=O) groups is 2. The number of esters is 1. The molecular weight excluding hydrogens is 386 g/mol. The second-order valence-electron chi connectivity index (χ2n) is 6.33. The van der Waals surface area contributed by atoms with Crippen LogP contribution in [0.4, 0.5) is 5.13 Å². The number of aryl methyl sites for hydroxylation is 1. The van der Waals surface area contributed by atoms with Crippen molar-refractivity contribution in [3.63, 3.8) is 0 Å². The molecule has 29 heavy (non-hydrogen) atoms. The van der Waals surface area contributed by atoms with Crippen LogP contribution in [0, 0.1) is 11.3 Å². The summed E-state index contributed by atoms with van der Waals surface area (Å²) in [5.41, 5.74) is 3.23. The van der Waals surface area contributed by atoms with E-state index >= 15 is 0 Å². The van der Waals surface area contributed by atoms with Crippen molar-refractivity contribution in [2.75, 3.05) is 5.32 Å². The number of ether oxygens (including phenoxy) is 1. The maximum atomic E-state index is 12.3. The van der Waals surface area contributed by atoms with E-state index in [2.05, 4.69) is 10.3 Å². The number of thiazole rings is 1. The van der Waals surface area contributed by atoms with E-state index in [1.54, 1.807) is 24.3 Å². The highest BCUT2D eigenvalue weighted by Gasteiger charge is 2.19. The van der Waals surface area contributed by atoms with Gasteiger partial charge < -0.3 is 4.74 Å². The summed E-state index contributed by atoms with van der Waals surface area (Å²) in [6, 6.07) is 18.7. The summed E-state index contributed by atoms with van der Waals surface area (Å²) in [6.45, 7) is 1.53. The Morgan fingerprint density at radius 3 is 2.59 bits per heavy atom. The number of hydrogen-bond donors (Lipinski definition) is 1. The Morgan fingerprint density at radius 1 is 1.17 bits per heavy atom. The average Bonchev–Trinajstić information content (AvgIpc) is 3.21. The molecule has 0 aliphatic rings. The summed E-state index contributed by atoms with van der Waals surface area (Å²) in [4.78, 5) is 28.7. The van der Waals surface area contributed by atoms with Crippen LogP contribution in [-0.2, 0) is 20.7 Å². The highest BCUT2D eigenvalue weighted by molar-refractivity contribution is 7.14. The minimum absolute atomic E-state index is 0.152. The molecule has 146 valence electrons. The lowest BCUT2D eigenvalue weighted by atomic mass is 10.1. The van der Waals surface area contributed by atoms with Gasteiger partial charge in [0.25, 0.3) is 5.91 Å². The molecular formula is C22H19N3O3S. The predicted molar refractivity (Wildman–Crippen MR) is 111 cm³/mol. The summed E-state index contributed by atoms with van der Waals surface area (Å²) < 4.78 is 5.22. The predicted octanol–water partition coefficient (Wildman–Crippen LogP) is 4.18. The Labute approximate surface area is 172 Å². The van der Waals surface area contributed by atoms with Crippen molar-refractivity contribution < 1.29 is 14.3 Å². The van der Waals surface area contributed by atoms with Crippen LogP contribution in [0.1, 0.15) is 24.5 Å². The van der Waals surface area contributed by atoms with Crippen LogP contribution < -0.4 is 5.32 Å². The molecule has 1 atom stereocenters. The van der Waals surface area contributed by atoms with Gasteiger partial charge in [0, 0.05) is 17.4 Å². The molecule has 1 unspecified atom stereocenters. The molecule has 1 heterocycles. The van der Waals surface area contributed by atoms with Crippen molar-refractivity contribution in [2.45, 2.75) is 25.9 Å². The van der Waals surface area contributed by atoms with E-state index < -0.39 is 18.0 Å². The van der Waals surface area contributed by atoms with Gasteiger partial charge in [-0.15, -0.1) is 11.3 Å². The first-order valence-electron chi connectivity index (χ1n) is 9.05. The number of nitriles is 1. The van der Waals surface area contributed by atoms with Gasteiger partial charge >= 0.3 is 5.97 Å². The largest absolute Gasteiger partial charge is 0.453 e. The van der Waals surface area contributed by atoms with E-state index in [-0.39, 0.29) is 6.42 Å². The number of rotatable bonds is 7. The van der Waals surface area contributed by atoms with Gasteiger partial charge in [-0.05, 0) is 31.0 Å². The molecule has 1 N–H and O–H groups in total. The molecule has 0 aliphatic heterocycles. The standard InChI is InChI=1S/C22H19N3O3S/c1-15(28-20(26)12-11-16-7-9-17(13-23)10-8-16)21(27)25-22-24-19(14-29-22)18-5-3-2-4-6-18/h2-10,14-15H,11-12H2,1H3,(H,24,25,27). The number of nitrogens with one attached hydrogen (secondary N) is 1. The summed E-state index contributed by atoms with van der Waals surface area (Å²) in [7, 11) is 0. The second kappa shape index (κ2) is 9.62. The normalized spacial score (nSPS) is 11.3. The van der Waals surface area contributed by atoms with Gasteiger partial charge in [0.05, 0.1) is 17.3 Å². The third-order valence-corrected chi connectivity index (χ3v) is 4.94. The Morgan fingerprint density at radius 2 is 1.90 bits per heavy atom. The molecule has 1 amide bonds. The van der Waals surface area contributed by atoms with Crippen molar-refractivity contribution >= 4 is 28.3 Å². The third-order valence-electron chi connectivity index (χ3n) is 4.18. The van der Waals surface area contributed by atoms with Crippen LogP contribution in [0.15, 0.2) is 60.0 Å². The molecule has 3 aromatic rings. The van der Waals surface area contributed by atoms with Gasteiger partial charge in [-0.1, -0.05) is 42.5 Å². The van der Waals surface area contributed by atoms with Gasteiger partial charge in [-0.3, -0.25) is 14.9 Å². The first-order chi connectivity index (χ1) is 14.0. The summed E-state index contributed by atoms with van der Waals surface area (Å²) >= 11 is 1.31. The lowest BCUT2D eigenvalue weighted by molar-refractivity contribution is -0.153. The van der Waals surface area contributed by atoms with Gasteiger partial charge in [-0.25, -0.2) is 4.98 Å². The highest BCUT2D eigenvalue weighted by Crippen LogP contribution is 2.24. The first kappa shape index (κ1) is 20.2. The monoisotopic (exact) mass is 405 g/mol. The Balaban J connectivity index is 1.48. The first-order valence-corrected chi connectivity index (χ1v) is 9.93. The third kappa shape index (κ3) is 5.74. The molecule has 7 heteroatoms. The van der Waals surface area contributed by atoms with Gasteiger partial charge in [0.2, 0.25) is 0 Å². The zero-order valence-corrected chi connectivity index (χ0v) is 16.6. The van der Waals surface area contributed by atoms with E-state index in [9.17, 15) is 9.59 Å². The van der Waals surface area contributed by atoms with Gasteiger partial charge in [-0.2, -0.15) is 5.26 Å². The average molecular weight is 405 g/mol. The highest BCUT2D eigenvalue weighted by atomic mass is 32.1. The fourth-order valence-electron chi connectivity index (χ4n) is 2.58. The van der Waals surface area contributed by atoms with Crippen molar-refractivity contribution in [1.29, 1.82) is 5.26 Å². The van der Waals surface area contributed by atoms with E-state index in [0.29, 0.717) is 17.1 Å². The van der Waals surface area contributed by atoms with Crippen LogP contribution in [0.5, 0.6) is 0 Å². The number of aromatic nitrogens is 1. The van der Waals surface area contributed by atoms with Crippen LogP contribution in [0.25, 0.3) is 11.3 Å². The minimum Gasteiger partial charge on any atom is -0.453 e. The van der Waals surface area contributed by atoms with Crippen molar-refractivity contribution in [3.8, 4) is 17.3 Å². The quantitative estimate of drug-likeness (QED) is 0.595. The van der Waals surface area contributed by atoms with Gasteiger partial charge in [0.1, 0.15) is 0 Å². The van der Waals surface area contributed by atoms with E-state index in [1.807, 2.05) is 41.8 Å². The zero-order valence-electron chi connectivity index (χ0n) is 15.8. The fourth-order valence-corrected chi connectivity index (χ4v) is 3.30. The molecule has 2 aromatic carbocycles. The lowest BCUT2D eigenvalue weighted by Crippen LogP contribution is -2.30. The molecule has 0 saturated heterocycles. The second-order valence-corrected chi connectivity index (χ2v) is 7.19. The molecule has 0 aliphatic carbocycles. The van der Waals surface area contributed by atoms with Crippen LogP contribution in [0.3, 0.4) is 0 Å². The van der Waals surface area contributed by atoms with E-state index in [0.717, 1.165) is 16.8 Å². The fraction of sp³-hybridized carbons (Fsp3) is 0.182. The number of benzene rings is 2. The molecule has 0 radical (unpaired) electrons. The number of nitrogens with zero attached hydrogens (tertiary/aromatic N) is 2. The molecule has 0 fully saturated rings. The number of carbonyl (C=O) groups excluding carboxylic acids is 2. The van der Waals surface area contributed by atoms with Crippen LogP contribution >= 0.6 is 11.3 Å². The number of amides is 1. The SMILES string of the molecule is CC(OC(=O)CCc1ccc(C#N)cc1)C(=O)Nc1nc(-c2ccccc2)cs1. The van der Waals surface area contributed by atoms with E-state index in [1.165, 1.54) is 18.3 Å². The molecule has 6 nitrogen and oxygen atoms in total. The van der Waals surface area contributed by atoms with Gasteiger partial charge in [0.15, 0.2) is 11.2 Å². The molecule has 3 rings (SSSR count). The van der Waals surface area contributed by atoms with Crippen molar-refractivity contribution in [1.82, 2.24) is 4.98 Å². The topological polar surface area (TPSA) is 92.1 Å². The molecule has 1 aromatic heterocycles. The number of anilines is 1. The Bertz CT molecular complexity index is 1020. The summed E-state index contributed by atoms with van der Waals surface area (Å²) in [6.07, 6.45) is -0.294. The smallest absolute Gasteiger partial charge is 0.306 e. The minimum atomic E-state index is -0.924. The van der Waals surface area contributed by atoms with Crippen LogP contribution in [-0.4, -0.2) is 23.0 Å². The van der Waals surface area contributed by atoms with Crippen molar-refractivity contribution in [2.24, 2.45) is 0 Å². The number of hydrogen-bond acceptors (Lipinski definition) is 6. The molecule has 0 spiro atoms.